The van der Waals surface area contributed by atoms with Crippen molar-refractivity contribution in [3.63, 3.8) is 0 Å². The van der Waals surface area contributed by atoms with E-state index in [-0.39, 0.29) is 12.1 Å². The van der Waals surface area contributed by atoms with E-state index in [1.807, 2.05) is 36.1 Å². The van der Waals surface area contributed by atoms with Crippen LogP contribution in [0.4, 0.5) is 10.5 Å². The van der Waals surface area contributed by atoms with E-state index in [9.17, 15) is 4.79 Å². The zero-order chi connectivity index (χ0) is 18.9. The monoisotopic (exact) mass is 369 g/mol. The van der Waals surface area contributed by atoms with Gasteiger partial charge in [-0.25, -0.2) is 9.78 Å². The Bertz CT molecular complexity index is 698. The van der Waals surface area contributed by atoms with Gasteiger partial charge in [-0.05, 0) is 31.4 Å². The van der Waals surface area contributed by atoms with Gasteiger partial charge >= 0.3 is 6.03 Å². The molecule has 0 unspecified atom stereocenters. The van der Waals surface area contributed by atoms with Crippen molar-refractivity contribution in [2.24, 2.45) is 0 Å². The fourth-order valence-corrected chi connectivity index (χ4v) is 3.12. The summed E-state index contributed by atoms with van der Waals surface area (Å²) in [5, 5.41) is 2.90. The normalized spacial score (nSPS) is 14.8. The molecule has 0 atom stereocenters. The van der Waals surface area contributed by atoms with Gasteiger partial charge in [0, 0.05) is 32.2 Å². The molecule has 1 aliphatic rings. The number of nitrogens with zero attached hydrogens (tertiary/aromatic N) is 2. The van der Waals surface area contributed by atoms with Crippen LogP contribution in [0.15, 0.2) is 48.7 Å². The molecule has 1 N–H and O–H groups in total. The van der Waals surface area contributed by atoms with E-state index in [0.29, 0.717) is 31.3 Å². The molecule has 144 valence electrons. The average Bonchev–Trinajstić information content (AvgIpc) is 2.71. The molecule has 3 rings (SSSR count). The van der Waals surface area contributed by atoms with Crippen LogP contribution in [0, 0.1) is 0 Å². The second-order valence-electron chi connectivity index (χ2n) is 6.54. The highest BCUT2D eigenvalue weighted by atomic mass is 16.5. The van der Waals surface area contributed by atoms with Crippen LogP contribution in [-0.4, -0.2) is 48.3 Å². The minimum absolute atomic E-state index is 0.0931. The largest absolute Gasteiger partial charge is 0.477 e. The molecule has 1 aromatic heterocycles. The van der Waals surface area contributed by atoms with Crippen LogP contribution in [0.5, 0.6) is 5.88 Å². The Morgan fingerprint density at radius 1 is 1.19 bits per heavy atom. The third kappa shape index (κ3) is 5.96. The van der Waals surface area contributed by atoms with Gasteiger partial charge in [0.05, 0.1) is 24.6 Å². The first-order chi connectivity index (χ1) is 13.2. The fraction of sp³-hybridized carbons (Fsp3) is 0.429. The first kappa shape index (κ1) is 19.2. The molecule has 1 aromatic carbocycles. The van der Waals surface area contributed by atoms with Crippen LogP contribution in [0.3, 0.4) is 0 Å². The van der Waals surface area contributed by atoms with Crippen LogP contribution in [-0.2, 0) is 11.2 Å². The summed E-state index contributed by atoms with van der Waals surface area (Å²) in [7, 11) is 0. The zero-order valence-corrected chi connectivity index (χ0v) is 15.8. The molecule has 1 fully saturated rings. The predicted octanol–water partition coefficient (Wildman–Crippen LogP) is 3.74. The highest BCUT2D eigenvalue weighted by molar-refractivity contribution is 5.89. The van der Waals surface area contributed by atoms with E-state index in [1.165, 1.54) is 5.56 Å². The van der Waals surface area contributed by atoms with E-state index in [2.05, 4.69) is 22.4 Å². The number of ether oxygens (including phenoxy) is 2. The first-order valence-electron chi connectivity index (χ1n) is 9.55. The molecule has 1 saturated heterocycles. The Labute approximate surface area is 160 Å². The molecule has 0 aliphatic carbocycles. The summed E-state index contributed by atoms with van der Waals surface area (Å²) >= 11 is 0. The van der Waals surface area contributed by atoms with Crippen molar-refractivity contribution < 1.29 is 14.3 Å². The second kappa shape index (κ2) is 9.92. The van der Waals surface area contributed by atoms with Crippen molar-refractivity contribution in [2.45, 2.75) is 32.3 Å². The minimum atomic E-state index is -0.0931. The molecule has 0 bridgehead atoms. The lowest BCUT2D eigenvalue weighted by molar-refractivity contribution is 0.0232. The number of likely N-dealkylation sites (tertiary alicyclic amines) is 1. The van der Waals surface area contributed by atoms with Crippen molar-refractivity contribution in [3.8, 4) is 5.88 Å². The fourth-order valence-electron chi connectivity index (χ4n) is 3.12. The van der Waals surface area contributed by atoms with Gasteiger partial charge in [-0.2, -0.15) is 0 Å². The number of carbonyl (C=O) groups excluding carboxylic acids is 1. The summed E-state index contributed by atoms with van der Waals surface area (Å²) in [6, 6.07) is 13.7. The van der Waals surface area contributed by atoms with Crippen LogP contribution >= 0.6 is 0 Å². The third-order valence-electron chi connectivity index (χ3n) is 4.60. The summed E-state index contributed by atoms with van der Waals surface area (Å²) in [5.41, 5.74) is 1.90. The Morgan fingerprint density at radius 3 is 2.63 bits per heavy atom. The molecular weight excluding hydrogens is 342 g/mol. The summed E-state index contributed by atoms with van der Waals surface area (Å²) in [6.07, 6.45) is 4.50. The molecule has 2 amide bonds. The topological polar surface area (TPSA) is 63.7 Å². The van der Waals surface area contributed by atoms with E-state index in [1.54, 1.807) is 12.3 Å². The molecule has 2 heterocycles. The molecule has 2 aromatic rings. The molecule has 1 aliphatic heterocycles. The van der Waals surface area contributed by atoms with E-state index in [0.717, 1.165) is 25.9 Å². The number of hydrogen-bond donors (Lipinski definition) is 1. The number of rotatable bonds is 7. The number of piperidine rings is 1. The number of nitrogens with one attached hydrogen (secondary N) is 1. The SMILES string of the molecule is CCOC1CCN(C(=O)Nc2ccc(OCCc3ccccc3)nc2)CC1. The number of carbonyl (C=O) groups is 1. The predicted molar refractivity (Wildman–Crippen MR) is 105 cm³/mol. The number of benzene rings is 1. The number of pyridine rings is 1. The van der Waals surface area contributed by atoms with E-state index >= 15 is 0 Å². The highest BCUT2D eigenvalue weighted by Gasteiger charge is 2.22. The van der Waals surface area contributed by atoms with Crippen molar-refractivity contribution in [1.82, 2.24) is 9.88 Å². The Morgan fingerprint density at radius 2 is 1.96 bits per heavy atom. The maximum absolute atomic E-state index is 12.4. The van der Waals surface area contributed by atoms with Crippen molar-refractivity contribution in [3.05, 3.63) is 54.2 Å². The first-order valence-corrected chi connectivity index (χ1v) is 9.55. The van der Waals surface area contributed by atoms with Crippen LogP contribution in [0.2, 0.25) is 0 Å². The number of amides is 2. The van der Waals surface area contributed by atoms with E-state index in [4.69, 9.17) is 9.47 Å². The van der Waals surface area contributed by atoms with E-state index < -0.39 is 0 Å². The number of aromatic nitrogens is 1. The van der Waals surface area contributed by atoms with Gasteiger partial charge in [0.25, 0.3) is 0 Å². The lowest BCUT2D eigenvalue weighted by atomic mass is 10.1. The number of urea groups is 1. The minimum Gasteiger partial charge on any atom is -0.477 e. The average molecular weight is 369 g/mol. The summed E-state index contributed by atoms with van der Waals surface area (Å²) in [4.78, 5) is 18.4. The number of hydrogen-bond acceptors (Lipinski definition) is 4. The molecular formula is C21H27N3O3. The van der Waals surface area contributed by atoms with Crippen molar-refractivity contribution in [2.75, 3.05) is 31.6 Å². The Hall–Kier alpha value is -2.60. The maximum atomic E-state index is 12.4. The third-order valence-corrected chi connectivity index (χ3v) is 4.60. The summed E-state index contributed by atoms with van der Waals surface area (Å²) in [5.74, 6) is 0.557. The highest BCUT2D eigenvalue weighted by Crippen LogP contribution is 2.16. The quantitative estimate of drug-likeness (QED) is 0.808. The van der Waals surface area contributed by atoms with Gasteiger partial charge in [-0.15, -0.1) is 0 Å². The van der Waals surface area contributed by atoms with Gasteiger partial charge in [-0.1, -0.05) is 30.3 Å². The molecule has 6 nitrogen and oxygen atoms in total. The molecule has 27 heavy (non-hydrogen) atoms. The lowest BCUT2D eigenvalue weighted by Gasteiger charge is -2.31. The van der Waals surface area contributed by atoms with Crippen LogP contribution in [0.25, 0.3) is 0 Å². The Kier molecular flexibility index (Phi) is 7.04. The molecule has 6 heteroatoms. The summed E-state index contributed by atoms with van der Waals surface area (Å²) in [6.45, 7) is 4.72. The van der Waals surface area contributed by atoms with Gasteiger partial charge in [-0.3, -0.25) is 0 Å². The lowest BCUT2D eigenvalue weighted by Crippen LogP contribution is -2.43. The Balaban J connectivity index is 1.41. The van der Waals surface area contributed by atoms with Gasteiger partial charge in [0.15, 0.2) is 0 Å². The maximum Gasteiger partial charge on any atom is 0.321 e. The van der Waals surface area contributed by atoms with Crippen LogP contribution < -0.4 is 10.1 Å². The second-order valence-corrected chi connectivity index (χ2v) is 6.54. The van der Waals surface area contributed by atoms with Gasteiger partial charge in [0.1, 0.15) is 0 Å². The number of anilines is 1. The zero-order valence-electron chi connectivity index (χ0n) is 15.8. The van der Waals surface area contributed by atoms with Crippen molar-refractivity contribution in [1.29, 1.82) is 0 Å². The smallest absolute Gasteiger partial charge is 0.321 e. The van der Waals surface area contributed by atoms with Crippen LogP contribution in [0.1, 0.15) is 25.3 Å². The van der Waals surface area contributed by atoms with Gasteiger partial charge in [0.2, 0.25) is 5.88 Å². The van der Waals surface area contributed by atoms with Crippen molar-refractivity contribution >= 4 is 11.7 Å². The molecule has 0 radical (unpaired) electrons. The standard InChI is InChI=1S/C21H27N3O3/c1-2-26-19-10-13-24(14-11-19)21(25)23-18-8-9-20(22-16-18)27-15-12-17-6-4-3-5-7-17/h3-9,16,19H,2,10-15H2,1H3,(H,23,25). The molecule has 0 spiro atoms. The summed E-state index contributed by atoms with van der Waals surface area (Å²) < 4.78 is 11.3. The van der Waals surface area contributed by atoms with Gasteiger partial charge < -0.3 is 19.7 Å². The molecule has 0 saturated carbocycles.